The van der Waals surface area contributed by atoms with Crippen molar-refractivity contribution in [2.24, 2.45) is 15.6 Å². The van der Waals surface area contributed by atoms with E-state index < -0.39 is 5.82 Å². The van der Waals surface area contributed by atoms with E-state index in [0.29, 0.717) is 5.02 Å². The summed E-state index contributed by atoms with van der Waals surface area (Å²) in [6.45, 7) is 5.91. The van der Waals surface area contributed by atoms with Gasteiger partial charge in [0.05, 0.1) is 42.4 Å². The maximum Gasteiger partial charge on any atom is 0.133 e. The molecule has 4 saturated heterocycles. The van der Waals surface area contributed by atoms with Gasteiger partial charge < -0.3 is 0 Å². The standard InChI is InChI=1S/C21H21ClFN5/c22-18-7-4-8-19(23)17(18)9-24-25-20(16-5-2-1-3-6-16)21-10-26-13-27(11-21)15-28(12-21)14-26/h1-9H,10-15H2/b24-9+,25-20-. The number of rotatable bonds is 4. The molecule has 2 aromatic rings. The predicted octanol–water partition coefficient (Wildman–Crippen LogP) is 3.11. The van der Waals surface area contributed by atoms with Gasteiger partial charge in [-0.1, -0.05) is 48.0 Å². The lowest BCUT2D eigenvalue weighted by molar-refractivity contribution is -0.149. The maximum absolute atomic E-state index is 14.1. The van der Waals surface area contributed by atoms with Crippen molar-refractivity contribution in [1.29, 1.82) is 0 Å². The summed E-state index contributed by atoms with van der Waals surface area (Å²) in [5.41, 5.74) is 2.18. The van der Waals surface area contributed by atoms with Crippen molar-refractivity contribution in [1.82, 2.24) is 14.7 Å². The lowest BCUT2D eigenvalue weighted by atomic mass is 9.74. The Hall–Kier alpha value is -2.12. The van der Waals surface area contributed by atoms with Crippen LogP contribution in [0.2, 0.25) is 5.02 Å². The van der Waals surface area contributed by atoms with Gasteiger partial charge in [0, 0.05) is 25.2 Å². The van der Waals surface area contributed by atoms with E-state index in [2.05, 4.69) is 37.0 Å². The zero-order valence-electron chi connectivity index (χ0n) is 15.4. The molecule has 5 nitrogen and oxygen atoms in total. The van der Waals surface area contributed by atoms with E-state index in [1.54, 1.807) is 12.1 Å². The third-order valence-electron chi connectivity index (χ3n) is 5.67. The fraction of sp³-hybridized carbons (Fsp3) is 0.333. The van der Waals surface area contributed by atoms with Crippen molar-refractivity contribution < 1.29 is 4.39 Å². The summed E-state index contributed by atoms with van der Waals surface area (Å²) in [6, 6.07) is 14.8. The molecule has 0 atom stereocenters. The van der Waals surface area contributed by atoms with Crippen molar-refractivity contribution in [2.75, 3.05) is 39.6 Å². The number of hydrogen-bond donors (Lipinski definition) is 0. The van der Waals surface area contributed by atoms with Gasteiger partial charge in [-0.15, -0.1) is 0 Å². The molecular formula is C21H21ClFN5. The minimum atomic E-state index is -0.397. The Balaban J connectivity index is 1.55. The van der Waals surface area contributed by atoms with Gasteiger partial charge in [0.25, 0.3) is 0 Å². The predicted molar refractivity (Wildman–Crippen MR) is 109 cm³/mol. The van der Waals surface area contributed by atoms with Crippen molar-refractivity contribution in [3.63, 3.8) is 0 Å². The largest absolute Gasteiger partial charge is 0.276 e. The smallest absolute Gasteiger partial charge is 0.133 e. The van der Waals surface area contributed by atoms with Crippen molar-refractivity contribution >= 4 is 23.5 Å². The molecule has 0 aromatic heterocycles. The Morgan fingerprint density at radius 1 is 0.929 bits per heavy atom. The van der Waals surface area contributed by atoms with E-state index in [-0.39, 0.29) is 11.0 Å². The molecular weight excluding hydrogens is 377 g/mol. The second-order valence-corrected chi connectivity index (χ2v) is 8.29. The number of benzene rings is 2. The van der Waals surface area contributed by atoms with Gasteiger partial charge in [-0.2, -0.15) is 10.2 Å². The summed E-state index contributed by atoms with van der Waals surface area (Å²) in [7, 11) is 0. The van der Waals surface area contributed by atoms with Crippen LogP contribution in [0.3, 0.4) is 0 Å². The average Bonchev–Trinajstić information content (AvgIpc) is 2.66. The van der Waals surface area contributed by atoms with Gasteiger partial charge in [-0.25, -0.2) is 4.39 Å². The molecule has 0 unspecified atom stereocenters. The summed E-state index contributed by atoms with van der Waals surface area (Å²) >= 11 is 6.12. The van der Waals surface area contributed by atoms with Crippen LogP contribution in [-0.2, 0) is 0 Å². The third-order valence-corrected chi connectivity index (χ3v) is 6.00. The molecule has 28 heavy (non-hydrogen) atoms. The molecule has 2 aromatic carbocycles. The number of hydrogen-bond acceptors (Lipinski definition) is 5. The molecule has 7 heteroatoms. The average molecular weight is 398 g/mol. The highest BCUT2D eigenvalue weighted by atomic mass is 35.5. The van der Waals surface area contributed by atoms with Crippen LogP contribution in [0, 0.1) is 11.2 Å². The molecule has 4 heterocycles. The number of halogens is 2. The third kappa shape index (κ3) is 3.16. The second-order valence-electron chi connectivity index (χ2n) is 7.89. The Kier molecular flexibility index (Phi) is 4.51. The van der Waals surface area contributed by atoms with Crippen LogP contribution in [0.15, 0.2) is 58.7 Å². The SMILES string of the molecule is Fc1cccc(Cl)c1/C=N/N=C(/c1ccccc1)C12CN3CN(CN(C3)C1)C2. The Bertz CT molecular complexity index is 888. The van der Waals surface area contributed by atoms with Gasteiger partial charge in [0.1, 0.15) is 5.82 Å². The Morgan fingerprint density at radius 2 is 1.57 bits per heavy atom. The number of nitrogens with zero attached hydrogens (tertiary/aromatic N) is 5. The highest BCUT2D eigenvalue weighted by Crippen LogP contribution is 2.38. The molecule has 4 fully saturated rings. The summed E-state index contributed by atoms with van der Waals surface area (Å²) < 4.78 is 14.1. The molecule has 0 amide bonds. The fourth-order valence-electron chi connectivity index (χ4n) is 4.79. The summed E-state index contributed by atoms with van der Waals surface area (Å²) in [5, 5.41) is 9.25. The minimum Gasteiger partial charge on any atom is -0.276 e. The first-order valence-electron chi connectivity index (χ1n) is 9.41. The maximum atomic E-state index is 14.1. The summed E-state index contributed by atoms with van der Waals surface area (Å²) in [5.74, 6) is -0.397. The lowest BCUT2D eigenvalue weighted by Gasteiger charge is -2.60. The molecule has 0 saturated carbocycles. The van der Waals surface area contributed by atoms with Crippen LogP contribution < -0.4 is 0 Å². The van der Waals surface area contributed by atoms with E-state index in [4.69, 9.17) is 11.6 Å². The highest BCUT2D eigenvalue weighted by molar-refractivity contribution is 6.33. The molecule has 4 bridgehead atoms. The lowest BCUT2D eigenvalue weighted by Crippen LogP contribution is -2.74. The van der Waals surface area contributed by atoms with E-state index in [1.807, 2.05) is 18.2 Å². The van der Waals surface area contributed by atoms with Gasteiger partial charge in [0.2, 0.25) is 0 Å². The first-order valence-corrected chi connectivity index (χ1v) is 9.79. The molecule has 144 valence electrons. The second kappa shape index (κ2) is 7.04. The fourth-order valence-corrected chi connectivity index (χ4v) is 5.00. The van der Waals surface area contributed by atoms with Crippen molar-refractivity contribution in [2.45, 2.75) is 0 Å². The van der Waals surface area contributed by atoms with E-state index >= 15 is 0 Å². The molecule has 0 spiro atoms. The molecule has 4 aliphatic heterocycles. The van der Waals surface area contributed by atoms with Gasteiger partial charge in [-0.05, 0) is 17.7 Å². The first-order chi connectivity index (χ1) is 13.6. The van der Waals surface area contributed by atoms with Crippen molar-refractivity contribution in [3.05, 3.63) is 70.5 Å². The van der Waals surface area contributed by atoms with Crippen LogP contribution in [0.1, 0.15) is 11.1 Å². The van der Waals surface area contributed by atoms with Gasteiger partial charge >= 0.3 is 0 Å². The monoisotopic (exact) mass is 397 g/mol. The summed E-state index contributed by atoms with van der Waals surface area (Å²) in [6.07, 6.45) is 1.42. The molecule has 0 N–H and O–H groups in total. The van der Waals surface area contributed by atoms with Crippen LogP contribution in [0.4, 0.5) is 4.39 Å². The van der Waals surface area contributed by atoms with E-state index in [9.17, 15) is 4.39 Å². The van der Waals surface area contributed by atoms with Crippen molar-refractivity contribution in [3.8, 4) is 0 Å². The normalized spacial score (nSPS) is 31.6. The zero-order valence-corrected chi connectivity index (χ0v) is 16.2. The zero-order chi connectivity index (χ0) is 19.1. The van der Waals surface area contributed by atoms with E-state index in [1.165, 1.54) is 12.3 Å². The minimum absolute atomic E-state index is 0.105. The van der Waals surface area contributed by atoms with Gasteiger partial charge in [-0.3, -0.25) is 14.7 Å². The van der Waals surface area contributed by atoms with Crippen LogP contribution in [0.5, 0.6) is 0 Å². The van der Waals surface area contributed by atoms with Gasteiger partial charge in [0.15, 0.2) is 0 Å². The van der Waals surface area contributed by atoms with E-state index in [0.717, 1.165) is 50.9 Å². The molecule has 0 aliphatic carbocycles. The topological polar surface area (TPSA) is 34.4 Å². The first kappa shape index (κ1) is 17.9. The van der Waals surface area contributed by atoms with Crippen LogP contribution in [-0.4, -0.2) is 66.3 Å². The van der Waals surface area contributed by atoms with Crippen LogP contribution in [0.25, 0.3) is 0 Å². The highest BCUT2D eigenvalue weighted by Gasteiger charge is 2.51. The molecule has 0 radical (unpaired) electrons. The molecule has 4 aliphatic rings. The Labute approximate surface area is 168 Å². The van der Waals surface area contributed by atoms with Crippen LogP contribution >= 0.6 is 11.6 Å². The molecule has 6 rings (SSSR count). The quantitative estimate of drug-likeness (QED) is 0.587. The summed E-state index contributed by atoms with van der Waals surface area (Å²) in [4.78, 5) is 7.35. The Morgan fingerprint density at radius 3 is 2.18 bits per heavy atom.